The number of benzene rings is 1. The van der Waals surface area contributed by atoms with Crippen LogP contribution < -0.4 is 0 Å². The van der Waals surface area contributed by atoms with E-state index in [1.807, 2.05) is 27.7 Å². The lowest BCUT2D eigenvalue weighted by Crippen LogP contribution is -2.44. The molecule has 1 aromatic carbocycles. The molecule has 1 amide bonds. The molecule has 2 rings (SSSR count). The van der Waals surface area contributed by atoms with Gasteiger partial charge in [0.2, 0.25) is 0 Å². The minimum Gasteiger partial charge on any atom is -0.452 e. The molecule has 0 aliphatic heterocycles. The minimum atomic E-state index is -0.543. The second kappa shape index (κ2) is 7.67. The van der Waals surface area contributed by atoms with Gasteiger partial charge in [0.05, 0.1) is 11.3 Å². The van der Waals surface area contributed by atoms with Crippen molar-refractivity contribution in [1.82, 2.24) is 25.1 Å². The Bertz CT molecular complexity index is 672. The van der Waals surface area contributed by atoms with Crippen molar-refractivity contribution in [2.24, 2.45) is 0 Å². The van der Waals surface area contributed by atoms with E-state index in [9.17, 15) is 9.59 Å². The zero-order chi connectivity index (χ0) is 17.7. The third kappa shape index (κ3) is 4.15. The zero-order valence-corrected chi connectivity index (χ0v) is 14.2. The lowest BCUT2D eigenvalue weighted by Gasteiger charge is -2.30. The molecule has 128 valence electrons. The first-order valence-electron chi connectivity index (χ1n) is 7.72. The fourth-order valence-corrected chi connectivity index (χ4v) is 2.49. The van der Waals surface area contributed by atoms with E-state index < -0.39 is 5.97 Å². The molecule has 0 atom stereocenters. The highest BCUT2D eigenvalue weighted by Crippen LogP contribution is 2.10. The predicted molar refractivity (Wildman–Crippen MR) is 86.6 cm³/mol. The molecule has 0 radical (unpaired) electrons. The average Bonchev–Trinajstić information content (AvgIpc) is 3.06. The summed E-state index contributed by atoms with van der Waals surface area (Å²) in [7, 11) is 0. The molecule has 0 saturated carbocycles. The van der Waals surface area contributed by atoms with Crippen molar-refractivity contribution in [2.75, 3.05) is 6.61 Å². The first-order chi connectivity index (χ1) is 11.4. The summed E-state index contributed by atoms with van der Waals surface area (Å²) in [6.07, 6.45) is 1.46. The topological polar surface area (TPSA) is 90.2 Å². The molecule has 1 aromatic heterocycles. The van der Waals surface area contributed by atoms with Crippen LogP contribution in [0, 0.1) is 0 Å². The molecule has 0 N–H and O–H groups in total. The van der Waals surface area contributed by atoms with Gasteiger partial charge in [-0.05, 0) is 62.4 Å². The Morgan fingerprint density at radius 1 is 1.12 bits per heavy atom. The van der Waals surface area contributed by atoms with Gasteiger partial charge in [0.1, 0.15) is 6.33 Å². The average molecular weight is 331 g/mol. The van der Waals surface area contributed by atoms with Gasteiger partial charge in [-0.25, -0.2) is 9.48 Å². The van der Waals surface area contributed by atoms with Gasteiger partial charge >= 0.3 is 5.97 Å². The molecule has 8 heteroatoms. The molecule has 0 aliphatic rings. The second-order valence-electron chi connectivity index (χ2n) is 5.87. The maximum absolute atomic E-state index is 12.2. The molecule has 0 unspecified atom stereocenters. The first kappa shape index (κ1) is 17.6. The Hall–Kier alpha value is -2.77. The van der Waals surface area contributed by atoms with Crippen LogP contribution in [0.15, 0.2) is 30.6 Å². The van der Waals surface area contributed by atoms with Gasteiger partial charge in [0.25, 0.3) is 5.91 Å². The summed E-state index contributed by atoms with van der Waals surface area (Å²) in [5, 5.41) is 10.9. The molecule has 2 aromatic rings. The largest absolute Gasteiger partial charge is 0.452 e. The van der Waals surface area contributed by atoms with Crippen LogP contribution in [0.3, 0.4) is 0 Å². The zero-order valence-electron chi connectivity index (χ0n) is 14.2. The van der Waals surface area contributed by atoms with E-state index in [-0.39, 0.29) is 24.6 Å². The van der Waals surface area contributed by atoms with Gasteiger partial charge < -0.3 is 9.64 Å². The highest BCUT2D eigenvalue weighted by atomic mass is 16.5. The Morgan fingerprint density at radius 2 is 1.75 bits per heavy atom. The summed E-state index contributed by atoms with van der Waals surface area (Å²) < 4.78 is 6.60. The van der Waals surface area contributed by atoms with Crippen LogP contribution in [-0.4, -0.2) is 55.7 Å². The van der Waals surface area contributed by atoms with Crippen LogP contribution in [0.4, 0.5) is 0 Å². The van der Waals surface area contributed by atoms with Gasteiger partial charge in [0, 0.05) is 12.1 Å². The molecule has 24 heavy (non-hydrogen) atoms. The van der Waals surface area contributed by atoms with E-state index in [2.05, 4.69) is 15.5 Å². The molecule has 0 spiro atoms. The third-order valence-corrected chi connectivity index (χ3v) is 3.44. The van der Waals surface area contributed by atoms with E-state index >= 15 is 0 Å². The number of amides is 1. The molecular formula is C16H21N5O3. The van der Waals surface area contributed by atoms with E-state index in [0.717, 1.165) is 5.69 Å². The van der Waals surface area contributed by atoms with Crippen molar-refractivity contribution < 1.29 is 14.3 Å². The Morgan fingerprint density at radius 3 is 2.25 bits per heavy atom. The molecular weight excluding hydrogens is 310 g/mol. The van der Waals surface area contributed by atoms with Crippen LogP contribution in [0.5, 0.6) is 0 Å². The summed E-state index contributed by atoms with van der Waals surface area (Å²) in [5.41, 5.74) is 1.08. The normalized spacial score (nSPS) is 10.9. The molecule has 8 nitrogen and oxygen atoms in total. The number of aromatic nitrogens is 4. The lowest BCUT2D eigenvalue weighted by atomic mass is 10.2. The maximum atomic E-state index is 12.2. The number of tetrazole rings is 1. The number of hydrogen-bond acceptors (Lipinski definition) is 6. The Kier molecular flexibility index (Phi) is 5.62. The second-order valence-corrected chi connectivity index (χ2v) is 5.87. The van der Waals surface area contributed by atoms with Crippen LogP contribution in [0.2, 0.25) is 0 Å². The van der Waals surface area contributed by atoms with Crippen molar-refractivity contribution >= 4 is 11.9 Å². The predicted octanol–water partition coefficient (Wildman–Crippen LogP) is 1.46. The maximum Gasteiger partial charge on any atom is 0.338 e. The first-order valence-corrected chi connectivity index (χ1v) is 7.72. The van der Waals surface area contributed by atoms with Crippen molar-refractivity contribution in [1.29, 1.82) is 0 Å². The highest BCUT2D eigenvalue weighted by molar-refractivity contribution is 5.91. The number of nitrogens with zero attached hydrogens (tertiary/aromatic N) is 5. The summed E-state index contributed by atoms with van der Waals surface area (Å²) >= 11 is 0. The van der Waals surface area contributed by atoms with Gasteiger partial charge in [0.15, 0.2) is 6.61 Å². The number of ether oxygens (including phenoxy) is 1. The molecule has 0 bridgehead atoms. The minimum absolute atomic E-state index is 0.0479. The molecule has 0 fully saturated rings. The SMILES string of the molecule is CC(C)N(C(=O)COC(=O)c1ccc(-n2cnnn2)cc1)C(C)C. The molecule has 1 heterocycles. The van der Waals surface area contributed by atoms with Crippen molar-refractivity contribution in [2.45, 2.75) is 39.8 Å². The smallest absolute Gasteiger partial charge is 0.338 e. The van der Waals surface area contributed by atoms with Gasteiger partial charge in [-0.1, -0.05) is 0 Å². The van der Waals surface area contributed by atoms with Crippen molar-refractivity contribution in [3.63, 3.8) is 0 Å². The van der Waals surface area contributed by atoms with Gasteiger partial charge in [-0.2, -0.15) is 0 Å². The number of carbonyl (C=O) groups excluding carboxylic acids is 2. The number of rotatable bonds is 6. The van der Waals surface area contributed by atoms with Crippen LogP contribution in [0.25, 0.3) is 5.69 Å². The van der Waals surface area contributed by atoms with Gasteiger partial charge in [-0.15, -0.1) is 5.10 Å². The quantitative estimate of drug-likeness (QED) is 0.745. The fourth-order valence-electron chi connectivity index (χ4n) is 2.49. The number of hydrogen-bond donors (Lipinski definition) is 0. The molecule has 0 aliphatic carbocycles. The van der Waals surface area contributed by atoms with E-state index in [4.69, 9.17) is 4.74 Å². The fraction of sp³-hybridized carbons (Fsp3) is 0.438. The lowest BCUT2D eigenvalue weighted by molar-refractivity contribution is -0.138. The number of carbonyl (C=O) groups is 2. The number of esters is 1. The van der Waals surface area contributed by atoms with Crippen molar-refractivity contribution in [3.05, 3.63) is 36.2 Å². The Labute approximate surface area is 140 Å². The van der Waals surface area contributed by atoms with E-state index in [1.54, 1.807) is 29.2 Å². The van der Waals surface area contributed by atoms with E-state index in [1.165, 1.54) is 11.0 Å². The summed E-state index contributed by atoms with van der Waals surface area (Å²) in [6, 6.07) is 6.70. The van der Waals surface area contributed by atoms with Crippen LogP contribution in [-0.2, 0) is 9.53 Å². The van der Waals surface area contributed by atoms with Crippen LogP contribution >= 0.6 is 0 Å². The summed E-state index contributed by atoms with van der Waals surface area (Å²) in [6.45, 7) is 7.44. The monoisotopic (exact) mass is 331 g/mol. The van der Waals surface area contributed by atoms with E-state index in [0.29, 0.717) is 5.56 Å². The third-order valence-electron chi connectivity index (χ3n) is 3.44. The van der Waals surface area contributed by atoms with Gasteiger partial charge in [-0.3, -0.25) is 4.79 Å². The van der Waals surface area contributed by atoms with Crippen LogP contribution in [0.1, 0.15) is 38.1 Å². The summed E-state index contributed by atoms with van der Waals surface area (Å²) in [4.78, 5) is 26.0. The Balaban J connectivity index is 1.96. The standard InChI is InChI=1S/C16H21N5O3/c1-11(2)21(12(3)4)15(22)9-24-16(23)13-5-7-14(8-6-13)20-10-17-18-19-20/h5-8,10-12H,9H2,1-4H3. The van der Waals surface area contributed by atoms with Crippen molar-refractivity contribution in [3.8, 4) is 5.69 Å². The molecule has 0 saturated heterocycles. The highest BCUT2D eigenvalue weighted by Gasteiger charge is 2.21. The summed E-state index contributed by atoms with van der Waals surface area (Å²) in [5.74, 6) is -0.752.